The number of nitrogens with zero attached hydrogens (tertiary/aromatic N) is 7. The van der Waals surface area contributed by atoms with Crippen LogP contribution in [0.4, 0.5) is 10.6 Å². The van der Waals surface area contributed by atoms with E-state index in [1.807, 2.05) is 13.8 Å². The smallest absolute Gasteiger partial charge is 0.412 e. The summed E-state index contributed by atoms with van der Waals surface area (Å²) in [6.07, 6.45) is -1.67. The Balaban J connectivity index is 1.12. The maximum absolute atomic E-state index is 14.2. The summed E-state index contributed by atoms with van der Waals surface area (Å²) in [6.45, 7) is 5.48. The fourth-order valence-electron chi connectivity index (χ4n) is 8.03. The monoisotopic (exact) mass is 1200 g/mol. The Morgan fingerprint density at radius 2 is 1.46 bits per heavy atom. The first-order chi connectivity index (χ1) is 38.6. The molecule has 0 spiro atoms. The van der Waals surface area contributed by atoms with Crippen LogP contribution < -0.4 is 37.6 Å². The number of rotatable bonds is 12. The molecule has 10 bridgehead atoms. The van der Waals surface area contributed by atoms with Crippen LogP contribution in [0.3, 0.4) is 0 Å². The van der Waals surface area contributed by atoms with Crippen molar-refractivity contribution in [2.24, 2.45) is 11.7 Å². The van der Waals surface area contributed by atoms with Gasteiger partial charge in [0, 0.05) is 46.1 Å². The molecule has 416 valence electrons. The summed E-state index contributed by atoms with van der Waals surface area (Å²) in [5, 5.41) is 37.7. The van der Waals surface area contributed by atoms with Gasteiger partial charge in [-0.25, -0.2) is 39.7 Å². The van der Waals surface area contributed by atoms with E-state index >= 15 is 0 Å². The second-order valence-electron chi connectivity index (χ2n) is 18.1. The number of nitrogens with two attached hydrogens (primary N) is 1. The number of pyridine rings is 1. The van der Waals surface area contributed by atoms with Gasteiger partial charge in [-0.2, -0.15) is 0 Å². The van der Waals surface area contributed by atoms with Gasteiger partial charge in [0.15, 0.2) is 0 Å². The molecule has 29 heteroatoms. The summed E-state index contributed by atoms with van der Waals surface area (Å²) in [5.74, 6) is -2.86. The highest BCUT2D eigenvalue weighted by Gasteiger charge is 2.33. The quantitative estimate of drug-likeness (QED) is 0.0560. The molecule has 23 nitrogen and oxygen atoms in total. The zero-order valence-corrected chi connectivity index (χ0v) is 48.2. The lowest BCUT2D eigenvalue weighted by Gasteiger charge is -2.23. The van der Waals surface area contributed by atoms with E-state index in [2.05, 4.69) is 46.9 Å². The molecule has 4 atom stereocenters. The molecule has 8 heterocycles. The maximum Gasteiger partial charge on any atom is 0.412 e. The summed E-state index contributed by atoms with van der Waals surface area (Å²) in [6, 6.07) is 9.52. The van der Waals surface area contributed by atoms with Crippen LogP contribution in [0.2, 0.25) is 0 Å². The van der Waals surface area contributed by atoms with Gasteiger partial charge in [-0.1, -0.05) is 44.2 Å². The third-order valence-corrected chi connectivity index (χ3v) is 17.8. The molecule has 7 aromatic heterocycles. The van der Waals surface area contributed by atoms with E-state index < -0.39 is 66.4 Å². The second-order valence-corrected chi connectivity index (χ2v) is 23.9. The summed E-state index contributed by atoms with van der Waals surface area (Å²) in [7, 11) is 2.94. The minimum atomic E-state index is -1.27. The molecule has 9 N–H and O–H groups in total. The minimum Gasteiger partial charge on any atom is -0.449 e. The number of aliphatic hydroxyl groups is 1. The largest absolute Gasteiger partial charge is 0.449 e. The number of aliphatic hydroxyl groups excluding tert-OH is 1. The van der Waals surface area contributed by atoms with Gasteiger partial charge >= 0.3 is 6.09 Å². The molecule has 1 aliphatic rings. The van der Waals surface area contributed by atoms with Gasteiger partial charge in [0.25, 0.3) is 17.7 Å². The Morgan fingerprint density at radius 3 is 2.23 bits per heavy atom. The lowest BCUT2D eigenvalue weighted by Crippen LogP contribution is -2.40. The Morgan fingerprint density at radius 1 is 0.738 bits per heavy atom. The number of carbonyl (C=O) groups is 6. The Hall–Kier alpha value is -7.35. The Bertz CT molecular complexity index is 3550. The lowest BCUT2D eigenvalue weighted by molar-refractivity contribution is -0.122. The van der Waals surface area contributed by atoms with Crippen LogP contribution >= 0.6 is 68.0 Å². The molecule has 0 radical (unpaired) electrons. The fourth-order valence-corrected chi connectivity index (χ4v) is 13.5. The number of methoxy groups -OCH3 is 1. The third-order valence-electron chi connectivity index (χ3n) is 12.1. The molecular formula is C51H52N14O9S6. The van der Waals surface area contributed by atoms with Crippen LogP contribution in [0.25, 0.3) is 43.4 Å². The Labute approximate surface area is 481 Å². The van der Waals surface area contributed by atoms with Crippen molar-refractivity contribution in [2.45, 2.75) is 64.4 Å². The highest BCUT2D eigenvalue weighted by molar-refractivity contribution is 7.15. The number of ether oxygens (including phenoxy) is 2. The molecule has 0 saturated carbocycles. The second kappa shape index (κ2) is 25.8. The summed E-state index contributed by atoms with van der Waals surface area (Å²) >= 11 is 7.19. The zero-order valence-electron chi connectivity index (χ0n) is 43.4. The molecule has 6 amide bonds. The molecule has 8 aromatic rings. The van der Waals surface area contributed by atoms with E-state index in [1.165, 1.54) is 70.8 Å². The summed E-state index contributed by atoms with van der Waals surface area (Å²) < 4.78 is 10.6. The van der Waals surface area contributed by atoms with Crippen LogP contribution in [0, 0.1) is 12.8 Å². The van der Waals surface area contributed by atoms with Gasteiger partial charge in [-0.15, -0.1) is 68.0 Å². The van der Waals surface area contributed by atoms with Gasteiger partial charge in [0.2, 0.25) is 11.8 Å². The van der Waals surface area contributed by atoms with E-state index in [9.17, 15) is 33.9 Å². The molecule has 80 heavy (non-hydrogen) atoms. The first-order valence-electron chi connectivity index (χ1n) is 24.7. The number of amides is 6. The molecular weight excluding hydrogens is 1150 g/mol. The molecule has 0 unspecified atom stereocenters. The molecule has 0 aliphatic carbocycles. The predicted octanol–water partition coefficient (Wildman–Crippen LogP) is 7.21. The molecule has 1 aliphatic heterocycles. The fraction of sp³-hybridized carbons (Fsp3) is 0.314. The van der Waals surface area contributed by atoms with Crippen molar-refractivity contribution in [3.05, 3.63) is 111 Å². The van der Waals surface area contributed by atoms with Gasteiger partial charge in [0.1, 0.15) is 82.2 Å². The summed E-state index contributed by atoms with van der Waals surface area (Å²) in [4.78, 5) is 116. The van der Waals surface area contributed by atoms with Gasteiger partial charge in [-0.05, 0) is 43.5 Å². The van der Waals surface area contributed by atoms with Crippen molar-refractivity contribution >= 4 is 109 Å². The molecule has 1 aromatic carbocycles. The SMILES string of the molecule is CNC(=O)C[C@@H]1NC(=O)c2csc(n2)-c2ccc(-c3nc(NC(=O)OCCCN)cs3)nc2-c2csc(n2)-c2csc(n2)[C@H]([C@@H](O)c2ccccc2)NC(=O)CNC(=O)c2nc(sc2COC)[C@H](C(C)C)NC(=O)c2nc1sc2C. The average molecular weight is 1200 g/mol. The lowest BCUT2D eigenvalue weighted by atomic mass is 10.0. The number of hydrogen-bond acceptors (Lipinski definition) is 23. The number of carbonyl (C=O) groups excluding carboxylic acids is 6. The number of thiazole rings is 6. The number of nitrogens with one attached hydrogen (secondary N) is 6. The van der Waals surface area contributed by atoms with E-state index in [4.69, 9.17) is 35.1 Å². The van der Waals surface area contributed by atoms with Crippen molar-refractivity contribution in [3.63, 3.8) is 0 Å². The minimum absolute atomic E-state index is 0.00102. The van der Waals surface area contributed by atoms with Gasteiger partial charge in [-0.3, -0.25) is 29.3 Å². The van der Waals surface area contributed by atoms with Crippen LogP contribution in [-0.2, 0) is 25.7 Å². The topological polar surface area (TPSA) is 330 Å². The van der Waals surface area contributed by atoms with Crippen molar-refractivity contribution in [3.8, 4) is 43.4 Å². The number of fused-ring (bicyclic) bond motifs is 14. The van der Waals surface area contributed by atoms with Crippen molar-refractivity contribution < 1.29 is 43.3 Å². The third kappa shape index (κ3) is 13.3. The van der Waals surface area contributed by atoms with Crippen LogP contribution in [-0.4, -0.2) is 109 Å². The van der Waals surface area contributed by atoms with E-state index in [1.54, 1.807) is 70.9 Å². The number of hydrogen-bond donors (Lipinski definition) is 8. The van der Waals surface area contributed by atoms with E-state index in [0.717, 1.165) is 11.3 Å². The first-order valence-corrected chi connectivity index (χ1v) is 29.8. The van der Waals surface area contributed by atoms with Crippen LogP contribution in [0.5, 0.6) is 0 Å². The van der Waals surface area contributed by atoms with E-state index in [-0.39, 0.29) is 48.5 Å². The normalized spacial score (nSPS) is 16.5. The maximum atomic E-state index is 14.2. The molecule has 9 rings (SSSR count). The van der Waals surface area contributed by atoms with Gasteiger partial charge < -0.3 is 46.9 Å². The van der Waals surface area contributed by atoms with Crippen LogP contribution in [0.15, 0.2) is 64.0 Å². The van der Waals surface area contributed by atoms with Crippen molar-refractivity contribution in [1.29, 1.82) is 0 Å². The number of aromatic nitrogens is 7. The highest BCUT2D eigenvalue weighted by atomic mass is 32.1. The first kappa shape index (κ1) is 57.3. The average Bonchev–Trinajstić information content (AvgIpc) is 4.37. The van der Waals surface area contributed by atoms with Crippen LogP contribution in [0.1, 0.15) is 113 Å². The number of aryl methyl sites for hydroxylation is 1. The highest BCUT2D eigenvalue weighted by Crippen LogP contribution is 2.40. The zero-order chi connectivity index (χ0) is 56.6. The molecule has 0 saturated heterocycles. The number of benzene rings is 1. The predicted molar refractivity (Wildman–Crippen MR) is 306 cm³/mol. The van der Waals surface area contributed by atoms with E-state index in [0.29, 0.717) is 86.7 Å². The van der Waals surface area contributed by atoms with Gasteiger partial charge in [0.05, 0.1) is 48.8 Å². The Kier molecular flexibility index (Phi) is 18.5. The summed E-state index contributed by atoms with van der Waals surface area (Å²) in [5.41, 5.74) is 8.29. The van der Waals surface area contributed by atoms with Crippen molar-refractivity contribution in [2.75, 3.05) is 39.2 Å². The van der Waals surface area contributed by atoms with Crippen molar-refractivity contribution in [1.82, 2.24) is 61.5 Å². The molecule has 0 fully saturated rings. The standard InChI is InChI=1S/C51H52N14O9S6/c1-23(2)36-50-65-39(32(80-50)18-73-5)43(70)54-17-35(67)62-40(41(68)25-10-7-6-8-11-25)49-59-31(21-77-49)47-57-29(19-76-47)38-26(12-13-27(55-38)46-60-33(22-78-46)61-51(72)74-15-9-14-52)45-58-30(20-75-45)42(69)56-28(16-34(66)53-4)48-64-37(24(3)79-48)44(71)63-36/h6-8,10-13,19-23,28,36,40-41,68H,9,14-18,52H2,1-5H3,(H,53,66)(H,54,70)(H,56,69)(H,61,72)(H,62,67)(H,63,71)/t28-,36-,40-,41-/m0/s1. The number of anilines is 1.